The number of fused-ring (bicyclic) bond motifs is 2. The average molecular weight is 790 g/mol. The van der Waals surface area contributed by atoms with E-state index in [1.165, 1.54) is 38.2 Å². The van der Waals surface area contributed by atoms with E-state index in [2.05, 4.69) is 237 Å². The predicted octanol–water partition coefficient (Wildman–Crippen LogP) is 15.5. The minimum atomic E-state index is 0.610. The van der Waals surface area contributed by atoms with Gasteiger partial charge in [0.1, 0.15) is 0 Å². The molecule has 0 bridgehead atoms. The highest BCUT2D eigenvalue weighted by Gasteiger charge is 2.19. The number of nitrogens with zero attached hydrogens (tertiary/aromatic N) is 3. The Morgan fingerprint density at radius 1 is 0.194 bits per heavy atom. The van der Waals surface area contributed by atoms with E-state index in [-0.39, 0.29) is 0 Å². The third kappa shape index (κ3) is 7.02. The van der Waals surface area contributed by atoms with Crippen molar-refractivity contribution in [3.63, 3.8) is 0 Å². The van der Waals surface area contributed by atoms with Gasteiger partial charge in [-0.15, -0.1) is 0 Å². The highest BCUT2D eigenvalue weighted by atomic mass is 15.0. The van der Waals surface area contributed by atoms with Crippen LogP contribution in [0.2, 0.25) is 0 Å². The summed E-state index contributed by atoms with van der Waals surface area (Å²) in [4.78, 5) is 16.0. The average Bonchev–Trinajstić information content (AvgIpc) is 3.36. The molecule has 0 aliphatic rings. The van der Waals surface area contributed by atoms with Crippen molar-refractivity contribution in [2.75, 3.05) is 0 Å². The van der Waals surface area contributed by atoms with Gasteiger partial charge in [-0.1, -0.05) is 212 Å². The smallest absolute Gasteiger partial charge is 0.164 e. The van der Waals surface area contributed by atoms with Gasteiger partial charge in [0.25, 0.3) is 0 Å². The number of hydrogen-bond donors (Lipinski definition) is 0. The fourth-order valence-corrected chi connectivity index (χ4v) is 8.71. The van der Waals surface area contributed by atoms with Crippen LogP contribution in [0.1, 0.15) is 0 Å². The van der Waals surface area contributed by atoms with Crippen LogP contribution in [-0.4, -0.2) is 15.0 Å². The Morgan fingerprint density at radius 2 is 0.597 bits per heavy atom. The Morgan fingerprint density at radius 3 is 1.21 bits per heavy atom. The third-order valence-corrected chi connectivity index (χ3v) is 11.7. The van der Waals surface area contributed by atoms with Gasteiger partial charge in [0, 0.05) is 16.7 Å². The van der Waals surface area contributed by atoms with Crippen LogP contribution in [0.25, 0.3) is 111 Å². The van der Waals surface area contributed by atoms with Crippen LogP contribution >= 0.6 is 0 Å². The number of hydrogen-bond acceptors (Lipinski definition) is 3. The molecule has 0 radical (unpaired) electrons. The lowest BCUT2D eigenvalue weighted by molar-refractivity contribution is 1.07. The van der Waals surface area contributed by atoms with Gasteiger partial charge in [-0.25, -0.2) is 15.0 Å². The normalized spacial score (nSPS) is 11.2. The van der Waals surface area contributed by atoms with E-state index < -0.39 is 0 Å². The molecule has 11 aromatic rings. The second-order valence-corrected chi connectivity index (χ2v) is 15.6. The molecule has 10 aromatic carbocycles. The van der Waals surface area contributed by atoms with Crippen molar-refractivity contribution in [3.05, 3.63) is 237 Å². The topological polar surface area (TPSA) is 38.7 Å². The van der Waals surface area contributed by atoms with Gasteiger partial charge in [0.2, 0.25) is 0 Å². The van der Waals surface area contributed by atoms with Crippen LogP contribution in [0.15, 0.2) is 237 Å². The lowest BCUT2D eigenvalue weighted by Crippen LogP contribution is -2.01. The van der Waals surface area contributed by atoms with E-state index >= 15 is 0 Å². The number of aromatic nitrogens is 3. The molecule has 3 nitrogen and oxygen atoms in total. The van der Waals surface area contributed by atoms with Gasteiger partial charge in [-0.3, -0.25) is 0 Å². The van der Waals surface area contributed by atoms with Crippen molar-refractivity contribution < 1.29 is 0 Å². The van der Waals surface area contributed by atoms with Crippen LogP contribution in [0.3, 0.4) is 0 Å². The summed E-state index contributed by atoms with van der Waals surface area (Å²) in [6.45, 7) is 0. The molecule has 62 heavy (non-hydrogen) atoms. The van der Waals surface area contributed by atoms with Crippen LogP contribution in [0.5, 0.6) is 0 Å². The highest BCUT2D eigenvalue weighted by molar-refractivity contribution is 6.05. The molecule has 0 spiro atoms. The number of rotatable bonds is 8. The number of benzene rings is 10. The molecule has 0 N–H and O–H groups in total. The Labute approximate surface area is 361 Å². The molecule has 0 aliphatic heterocycles. The Kier molecular flexibility index (Phi) is 9.53. The first-order valence-electron chi connectivity index (χ1n) is 21.0. The Bertz CT molecular complexity index is 3390. The maximum Gasteiger partial charge on any atom is 0.164 e. The van der Waals surface area contributed by atoms with Gasteiger partial charge < -0.3 is 0 Å². The summed E-state index contributed by atoms with van der Waals surface area (Å²) in [5, 5.41) is 4.82. The Hall–Kier alpha value is -8.27. The molecule has 0 amide bonds. The summed E-state index contributed by atoms with van der Waals surface area (Å²) in [5.74, 6) is 1.84. The van der Waals surface area contributed by atoms with E-state index in [9.17, 15) is 0 Å². The quantitative estimate of drug-likeness (QED) is 0.154. The summed E-state index contributed by atoms with van der Waals surface area (Å²) in [7, 11) is 0. The van der Waals surface area contributed by atoms with Gasteiger partial charge in [-0.05, 0) is 101 Å². The van der Waals surface area contributed by atoms with Crippen molar-refractivity contribution in [1.29, 1.82) is 0 Å². The largest absolute Gasteiger partial charge is 0.208 e. The summed E-state index contributed by atoms with van der Waals surface area (Å²) >= 11 is 0. The van der Waals surface area contributed by atoms with Crippen molar-refractivity contribution in [1.82, 2.24) is 15.0 Å². The van der Waals surface area contributed by atoms with Crippen molar-refractivity contribution >= 4 is 21.5 Å². The SMILES string of the molecule is c1ccc(-c2ccc(-c3nc(-c4cccc(-c5cccc6ccccc56)c4)nc(-c4cccc(-c5ccc(-c6ccccc6)c6ccccc56)c4)n3)c(-c3ccccc3)c2)cc1. The zero-order chi connectivity index (χ0) is 41.2. The molecular formula is C59H39N3. The van der Waals surface area contributed by atoms with E-state index in [1.54, 1.807) is 0 Å². The van der Waals surface area contributed by atoms with E-state index in [0.29, 0.717) is 17.5 Å². The van der Waals surface area contributed by atoms with Gasteiger partial charge in [0.05, 0.1) is 0 Å². The maximum absolute atomic E-state index is 5.34. The third-order valence-electron chi connectivity index (χ3n) is 11.7. The molecule has 0 saturated heterocycles. The zero-order valence-corrected chi connectivity index (χ0v) is 33.9. The molecule has 0 fully saturated rings. The molecule has 1 heterocycles. The van der Waals surface area contributed by atoms with Crippen LogP contribution < -0.4 is 0 Å². The summed E-state index contributed by atoms with van der Waals surface area (Å²) in [5.41, 5.74) is 14.1. The van der Waals surface area contributed by atoms with E-state index in [4.69, 9.17) is 15.0 Å². The minimum Gasteiger partial charge on any atom is -0.208 e. The van der Waals surface area contributed by atoms with Gasteiger partial charge >= 0.3 is 0 Å². The molecule has 290 valence electrons. The van der Waals surface area contributed by atoms with Crippen LogP contribution in [0, 0.1) is 0 Å². The first-order chi connectivity index (χ1) is 30.7. The molecule has 0 aliphatic carbocycles. The molecule has 1 aromatic heterocycles. The first kappa shape index (κ1) is 36.8. The molecule has 0 unspecified atom stereocenters. The minimum absolute atomic E-state index is 0.610. The fraction of sp³-hybridized carbons (Fsp3) is 0. The van der Waals surface area contributed by atoms with Gasteiger partial charge in [0.15, 0.2) is 17.5 Å². The van der Waals surface area contributed by atoms with E-state index in [0.717, 1.165) is 55.6 Å². The molecule has 0 saturated carbocycles. The molecule has 0 atom stereocenters. The Balaban J connectivity index is 1.10. The van der Waals surface area contributed by atoms with E-state index in [1.807, 2.05) is 0 Å². The van der Waals surface area contributed by atoms with Crippen molar-refractivity contribution in [3.8, 4) is 89.8 Å². The fourth-order valence-electron chi connectivity index (χ4n) is 8.71. The molecular weight excluding hydrogens is 751 g/mol. The highest BCUT2D eigenvalue weighted by Crippen LogP contribution is 2.39. The predicted molar refractivity (Wildman–Crippen MR) is 258 cm³/mol. The second kappa shape index (κ2) is 16.1. The monoisotopic (exact) mass is 789 g/mol. The van der Waals surface area contributed by atoms with Crippen LogP contribution in [-0.2, 0) is 0 Å². The lowest BCUT2D eigenvalue weighted by Gasteiger charge is -2.15. The van der Waals surface area contributed by atoms with Crippen molar-refractivity contribution in [2.45, 2.75) is 0 Å². The zero-order valence-electron chi connectivity index (χ0n) is 33.9. The summed E-state index contributed by atoms with van der Waals surface area (Å²) < 4.78 is 0. The maximum atomic E-state index is 5.34. The summed E-state index contributed by atoms with van der Waals surface area (Å²) in [6, 6.07) is 83.6. The van der Waals surface area contributed by atoms with Crippen molar-refractivity contribution in [2.24, 2.45) is 0 Å². The first-order valence-corrected chi connectivity index (χ1v) is 21.0. The van der Waals surface area contributed by atoms with Crippen LogP contribution in [0.4, 0.5) is 0 Å². The molecule has 3 heteroatoms. The standard InChI is InChI=1S/C59H39N3/c1-4-17-40(18-5-1)44-33-34-55(56(39-44)43-21-8-3-9-22-43)59-61-57(47-27-14-25-45(37-47)50-32-16-24-42-23-10-11-29-49(42)50)60-58(62-59)48-28-15-26-46(38-48)52-36-35-51(41-19-6-2-7-20-41)53-30-12-13-31-54(52)53/h1-39H. The summed E-state index contributed by atoms with van der Waals surface area (Å²) in [6.07, 6.45) is 0. The molecule has 11 rings (SSSR count). The lowest BCUT2D eigenvalue weighted by atomic mass is 9.91. The second-order valence-electron chi connectivity index (χ2n) is 15.6. The van der Waals surface area contributed by atoms with Gasteiger partial charge in [-0.2, -0.15) is 0 Å².